The molecular weight excluding hydrogens is 152 g/mol. The third kappa shape index (κ3) is 1.28. The van der Waals surface area contributed by atoms with Gasteiger partial charge in [-0.3, -0.25) is 4.79 Å². The minimum atomic E-state index is -0.712. The molecule has 2 atom stereocenters. The van der Waals surface area contributed by atoms with E-state index < -0.39 is 11.5 Å². The van der Waals surface area contributed by atoms with Gasteiger partial charge < -0.3 is 5.11 Å². The molecule has 2 heteroatoms. The number of allylic oxidation sites excluding steroid dienone is 1. The summed E-state index contributed by atoms with van der Waals surface area (Å²) in [6.45, 7) is 3.45. The Balaban J connectivity index is 3.06. The van der Waals surface area contributed by atoms with Gasteiger partial charge in [-0.05, 0) is 25.5 Å². The summed E-state index contributed by atoms with van der Waals surface area (Å²) in [7, 11) is 0. The second-order valence-corrected chi connectivity index (χ2v) is 3.50. The molecule has 2 nitrogen and oxygen atoms in total. The van der Waals surface area contributed by atoms with E-state index >= 15 is 0 Å². The molecule has 64 valence electrons. The average Bonchev–Trinajstić information content (AvgIpc) is 2.00. The van der Waals surface area contributed by atoms with Crippen LogP contribution >= 0.6 is 0 Å². The molecule has 0 saturated carbocycles. The van der Waals surface area contributed by atoms with Crippen LogP contribution in [0.2, 0.25) is 0 Å². The number of terminal acetylenes is 1. The molecule has 0 aliphatic heterocycles. The van der Waals surface area contributed by atoms with Gasteiger partial charge in [0.15, 0.2) is 5.78 Å². The molecule has 0 bridgehead atoms. The summed E-state index contributed by atoms with van der Waals surface area (Å²) in [6.07, 6.45) is 6.28. The van der Waals surface area contributed by atoms with Crippen molar-refractivity contribution in [1.82, 2.24) is 0 Å². The van der Waals surface area contributed by atoms with Crippen LogP contribution in [0.3, 0.4) is 0 Å². The van der Waals surface area contributed by atoms with Crippen molar-refractivity contribution in [3.63, 3.8) is 0 Å². The van der Waals surface area contributed by atoms with Crippen molar-refractivity contribution in [2.75, 3.05) is 0 Å². The fraction of sp³-hybridized carbons (Fsp3) is 0.500. The van der Waals surface area contributed by atoms with Gasteiger partial charge in [-0.25, -0.2) is 0 Å². The van der Waals surface area contributed by atoms with Crippen LogP contribution in [0, 0.1) is 17.8 Å². The van der Waals surface area contributed by atoms with Gasteiger partial charge in [0, 0.05) is 6.42 Å². The number of aliphatic hydroxyl groups is 1. The fourth-order valence-electron chi connectivity index (χ4n) is 1.47. The van der Waals surface area contributed by atoms with Crippen LogP contribution in [0.4, 0.5) is 0 Å². The molecule has 1 N–H and O–H groups in total. The van der Waals surface area contributed by atoms with E-state index in [2.05, 4.69) is 5.92 Å². The summed E-state index contributed by atoms with van der Waals surface area (Å²) in [5.74, 6) is 2.48. The van der Waals surface area contributed by atoms with E-state index in [0.717, 1.165) is 0 Å². The van der Waals surface area contributed by atoms with Crippen LogP contribution in [-0.2, 0) is 4.79 Å². The normalized spacial score (nSPS) is 35.7. The lowest BCUT2D eigenvalue weighted by Gasteiger charge is -2.32. The van der Waals surface area contributed by atoms with Gasteiger partial charge in [0.1, 0.15) is 0 Å². The predicted molar refractivity (Wildman–Crippen MR) is 46.3 cm³/mol. The molecule has 0 amide bonds. The Morgan fingerprint density at radius 1 is 1.83 bits per heavy atom. The van der Waals surface area contributed by atoms with Gasteiger partial charge in [0.05, 0.1) is 11.5 Å². The molecule has 1 aliphatic rings. The third-order valence-corrected chi connectivity index (χ3v) is 2.29. The number of aliphatic hydroxyl groups excluding tert-OH is 1. The van der Waals surface area contributed by atoms with Crippen molar-refractivity contribution in [3.8, 4) is 12.3 Å². The summed E-state index contributed by atoms with van der Waals surface area (Å²) < 4.78 is 0. The van der Waals surface area contributed by atoms with Gasteiger partial charge >= 0.3 is 0 Å². The van der Waals surface area contributed by atoms with Crippen LogP contribution in [0.25, 0.3) is 0 Å². The van der Waals surface area contributed by atoms with Gasteiger partial charge in [-0.2, -0.15) is 0 Å². The first-order valence-corrected chi connectivity index (χ1v) is 3.86. The Morgan fingerprint density at radius 2 is 2.42 bits per heavy atom. The van der Waals surface area contributed by atoms with Gasteiger partial charge in [0.25, 0.3) is 0 Å². The van der Waals surface area contributed by atoms with Crippen molar-refractivity contribution in [3.05, 3.63) is 11.6 Å². The van der Waals surface area contributed by atoms with Gasteiger partial charge in [-0.15, -0.1) is 6.42 Å². The molecule has 0 aromatic heterocycles. The number of carbonyl (C=O) groups is 1. The summed E-state index contributed by atoms with van der Waals surface area (Å²) in [5, 5.41) is 9.65. The quantitative estimate of drug-likeness (QED) is 0.540. The van der Waals surface area contributed by atoms with Crippen LogP contribution in [-0.4, -0.2) is 17.0 Å². The first-order chi connectivity index (χ1) is 5.49. The zero-order valence-electron chi connectivity index (χ0n) is 7.29. The zero-order valence-corrected chi connectivity index (χ0v) is 7.29. The molecule has 0 spiro atoms. The predicted octanol–water partition coefficient (Wildman–Crippen LogP) is 0.906. The first kappa shape index (κ1) is 9.02. The van der Waals surface area contributed by atoms with Crippen molar-refractivity contribution >= 4 is 5.78 Å². The highest BCUT2D eigenvalue weighted by Gasteiger charge is 2.37. The number of hydrogen-bond donors (Lipinski definition) is 1. The Morgan fingerprint density at radius 3 is 2.92 bits per heavy atom. The molecular formula is C10H12O2. The Labute approximate surface area is 72.3 Å². The highest BCUT2D eigenvalue weighted by molar-refractivity contribution is 5.92. The number of rotatable bonds is 0. The van der Waals surface area contributed by atoms with E-state index in [1.807, 2.05) is 0 Å². The van der Waals surface area contributed by atoms with E-state index in [9.17, 15) is 9.90 Å². The molecule has 12 heavy (non-hydrogen) atoms. The van der Waals surface area contributed by atoms with E-state index in [0.29, 0.717) is 5.57 Å². The Kier molecular flexibility index (Phi) is 2.08. The second-order valence-electron chi connectivity index (χ2n) is 3.50. The molecule has 0 unspecified atom stereocenters. The summed E-state index contributed by atoms with van der Waals surface area (Å²) >= 11 is 0. The molecule has 1 rings (SSSR count). The standard InChI is InChI=1S/C10H12O2/c1-4-10(3)6-8(11)5-7(2)9(10)12/h1,5,9,12H,6H2,2-3H3/t9-,10+/m1/s1. The highest BCUT2D eigenvalue weighted by Crippen LogP contribution is 2.33. The largest absolute Gasteiger partial charge is 0.387 e. The van der Waals surface area contributed by atoms with Gasteiger partial charge in [0.2, 0.25) is 0 Å². The maximum Gasteiger partial charge on any atom is 0.157 e. The highest BCUT2D eigenvalue weighted by atomic mass is 16.3. The molecule has 0 heterocycles. The van der Waals surface area contributed by atoms with E-state index in [4.69, 9.17) is 6.42 Å². The summed E-state index contributed by atoms with van der Waals surface area (Å²) in [4.78, 5) is 11.1. The number of ketones is 1. The SMILES string of the molecule is C#C[C@@]1(C)CC(=O)C=C(C)[C@H]1O. The number of hydrogen-bond acceptors (Lipinski definition) is 2. The lowest BCUT2D eigenvalue weighted by atomic mass is 9.74. The molecule has 0 fully saturated rings. The van der Waals surface area contributed by atoms with Crippen molar-refractivity contribution < 1.29 is 9.90 Å². The van der Waals surface area contributed by atoms with Crippen molar-refractivity contribution in [2.24, 2.45) is 5.41 Å². The minimum Gasteiger partial charge on any atom is -0.387 e. The number of carbonyl (C=O) groups excluding carboxylic acids is 1. The lowest BCUT2D eigenvalue weighted by molar-refractivity contribution is -0.118. The lowest BCUT2D eigenvalue weighted by Crippen LogP contribution is -2.37. The maximum atomic E-state index is 11.1. The van der Waals surface area contributed by atoms with E-state index in [1.165, 1.54) is 6.08 Å². The van der Waals surface area contributed by atoms with Crippen LogP contribution < -0.4 is 0 Å². The van der Waals surface area contributed by atoms with Crippen molar-refractivity contribution in [1.29, 1.82) is 0 Å². The topological polar surface area (TPSA) is 37.3 Å². The molecule has 0 saturated heterocycles. The monoisotopic (exact) mass is 164 g/mol. The molecule has 1 aliphatic carbocycles. The van der Waals surface area contributed by atoms with Gasteiger partial charge in [-0.1, -0.05) is 5.92 Å². The average molecular weight is 164 g/mol. The molecule has 0 radical (unpaired) electrons. The maximum absolute atomic E-state index is 11.1. The first-order valence-electron chi connectivity index (χ1n) is 3.86. The molecule has 0 aromatic carbocycles. The fourth-order valence-corrected chi connectivity index (χ4v) is 1.47. The Hall–Kier alpha value is -1.07. The van der Waals surface area contributed by atoms with Crippen molar-refractivity contribution in [2.45, 2.75) is 26.4 Å². The smallest absolute Gasteiger partial charge is 0.157 e. The Bertz CT molecular complexity index is 283. The summed E-state index contributed by atoms with van der Waals surface area (Å²) in [5.41, 5.74) is -0.0534. The second kappa shape index (κ2) is 2.76. The zero-order chi connectivity index (χ0) is 9.35. The third-order valence-electron chi connectivity index (χ3n) is 2.29. The molecule has 0 aromatic rings. The summed E-state index contributed by atoms with van der Waals surface area (Å²) in [6, 6.07) is 0. The minimum absolute atomic E-state index is 0.00162. The van der Waals surface area contributed by atoms with E-state index in [1.54, 1.807) is 13.8 Å². The van der Waals surface area contributed by atoms with E-state index in [-0.39, 0.29) is 12.2 Å². The van der Waals surface area contributed by atoms with Crippen LogP contribution in [0.1, 0.15) is 20.3 Å². The van der Waals surface area contributed by atoms with Crippen LogP contribution in [0.15, 0.2) is 11.6 Å². The van der Waals surface area contributed by atoms with Crippen LogP contribution in [0.5, 0.6) is 0 Å².